The van der Waals surface area contributed by atoms with Crippen LogP contribution in [-0.2, 0) is 6.18 Å². The number of hydrogen-bond acceptors (Lipinski definition) is 1. The Morgan fingerprint density at radius 2 is 1.76 bits per heavy atom. The number of aliphatic imine (C=N–C) groups is 1. The van der Waals surface area contributed by atoms with Crippen LogP contribution in [0.25, 0.3) is 0 Å². The molecule has 0 aliphatic carbocycles. The van der Waals surface area contributed by atoms with Gasteiger partial charge in [0.2, 0.25) is 0 Å². The predicted octanol–water partition coefficient (Wildman–Crippen LogP) is 6.75. The number of nitrogens with zero attached hydrogens (tertiary/aromatic N) is 1. The average Bonchev–Trinajstić information content (AvgIpc) is 2.57. The van der Waals surface area contributed by atoms with Gasteiger partial charge in [-0.25, -0.2) is 0 Å². The number of halogens is 3. The number of hydrogen-bond donors (Lipinski definition) is 0. The van der Waals surface area contributed by atoms with Crippen molar-refractivity contribution in [3.63, 3.8) is 0 Å². The molecule has 0 saturated heterocycles. The summed E-state index contributed by atoms with van der Waals surface area (Å²) in [5, 5.41) is 0. The summed E-state index contributed by atoms with van der Waals surface area (Å²) in [7, 11) is 0. The Bertz CT molecular complexity index is 718. The zero-order valence-electron chi connectivity index (χ0n) is 14.9. The highest BCUT2D eigenvalue weighted by Crippen LogP contribution is 2.31. The van der Waals surface area contributed by atoms with E-state index in [9.17, 15) is 13.2 Å². The van der Waals surface area contributed by atoms with Gasteiger partial charge in [-0.2, -0.15) is 13.2 Å². The summed E-state index contributed by atoms with van der Waals surface area (Å²) < 4.78 is 39.5. The highest BCUT2D eigenvalue weighted by Gasteiger charge is 2.31. The quantitative estimate of drug-likeness (QED) is 0.512. The van der Waals surface area contributed by atoms with Crippen LogP contribution in [0.4, 0.5) is 13.2 Å². The summed E-state index contributed by atoms with van der Waals surface area (Å²) >= 11 is 0. The molecule has 0 radical (unpaired) electrons. The van der Waals surface area contributed by atoms with Gasteiger partial charge in [-0.1, -0.05) is 49.7 Å². The van der Waals surface area contributed by atoms with Crippen molar-refractivity contribution in [1.82, 2.24) is 0 Å². The monoisotopic (exact) mass is 347 g/mol. The van der Waals surface area contributed by atoms with Gasteiger partial charge < -0.3 is 0 Å². The molecule has 4 heteroatoms. The van der Waals surface area contributed by atoms with Crippen molar-refractivity contribution in [3.05, 3.63) is 70.8 Å². The second kappa shape index (κ2) is 8.32. The third-order valence-electron chi connectivity index (χ3n) is 4.14. The molecule has 0 bridgehead atoms. The van der Waals surface area contributed by atoms with E-state index >= 15 is 0 Å². The zero-order chi connectivity index (χ0) is 18.4. The van der Waals surface area contributed by atoms with E-state index in [1.54, 1.807) is 13.0 Å². The van der Waals surface area contributed by atoms with Gasteiger partial charge >= 0.3 is 6.18 Å². The minimum Gasteiger partial charge on any atom is -0.281 e. The first kappa shape index (κ1) is 19.2. The van der Waals surface area contributed by atoms with Gasteiger partial charge in [-0.3, -0.25) is 4.99 Å². The number of rotatable bonds is 6. The predicted molar refractivity (Wildman–Crippen MR) is 97.1 cm³/mol. The SMILES string of the molecule is CCCCC(=NC(C)c1ccccc1)c1cc(C)cc(C(F)(F)F)c1. The van der Waals surface area contributed by atoms with Crippen molar-refractivity contribution < 1.29 is 13.2 Å². The summed E-state index contributed by atoms with van der Waals surface area (Å²) in [6.45, 7) is 5.73. The molecule has 25 heavy (non-hydrogen) atoms. The lowest BCUT2D eigenvalue weighted by atomic mass is 9.98. The first-order chi connectivity index (χ1) is 11.8. The van der Waals surface area contributed by atoms with Crippen molar-refractivity contribution in [3.8, 4) is 0 Å². The van der Waals surface area contributed by atoms with Gasteiger partial charge in [-0.15, -0.1) is 0 Å². The van der Waals surface area contributed by atoms with Crippen LogP contribution >= 0.6 is 0 Å². The molecule has 0 spiro atoms. The minimum absolute atomic E-state index is 0.0945. The average molecular weight is 347 g/mol. The summed E-state index contributed by atoms with van der Waals surface area (Å²) in [6, 6.07) is 13.9. The fraction of sp³-hybridized carbons (Fsp3) is 0.381. The van der Waals surface area contributed by atoms with E-state index in [-0.39, 0.29) is 6.04 Å². The molecule has 0 saturated carbocycles. The molecule has 2 aromatic rings. The van der Waals surface area contributed by atoms with E-state index in [0.717, 1.165) is 24.1 Å². The molecule has 2 aromatic carbocycles. The Balaban J connectivity index is 2.43. The van der Waals surface area contributed by atoms with Crippen molar-refractivity contribution in [2.24, 2.45) is 4.99 Å². The maximum Gasteiger partial charge on any atom is 0.416 e. The normalized spacial score (nSPS) is 13.8. The maximum atomic E-state index is 13.2. The van der Waals surface area contributed by atoms with Gasteiger partial charge in [0.05, 0.1) is 11.6 Å². The lowest BCUT2D eigenvalue weighted by Crippen LogP contribution is -2.10. The van der Waals surface area contributed by atoms with E-state index in [0.29, 0.717) is 17.5 Å². The molecule has 0 aliphatic heterocycles. The lowest BCUT2D eigenvalue weighted by Gasteiger charge is -2.15. The maximum absolute atomic E-state index is 13.2. The third kappa shape index (κ3) is 5.45. The van der Waals surface area contributed by atoms with Gasteiger partial charge in [0.15, 0.2) is 0 Å². The van der Waals surface area contributed by atoms with Gasteiger partial charge in [0, 0.05) is 5.71 Å². The Kier molecular flexibility index (Phi) is 6.40. The van der Waals surface area contributed by atoms with E-state index in [4.69, 9.17) is 4.99 Å². The second-order valence-electron chi connectivity index (χ2n) is 6.35. The Hall–Kier alpha value is -2.10. The van der Waals surface area contributed by atoms with E-state index in [1.165, 1.54) is 12.1 Å². The highest BCUT2D eigenvalue weighted by atomic mass is 19.4. The van der Waals surface area contributed by atoms with Crippen molar-refractivity contribution in [2.75, 3.05) is 0 Å². The van der Waals surface area contributed by atoms with Crippen molar-refractivity contribution in [2.45, 2.75) is 52.3 Å². The molecular formula is C21H24F3N. The number of benzene rings is 2. The van der Waals surface area contributed by atoms with Crippen LogP contribution < -0.4 is 0 Å². The molecule has 0 aromatic heterocycles. The summed E-state index contributed by atoms with van der Waals surface area (Å²) in [6.07, 6.45) is -1.80. The first-order valence-corrected chi connectivity index (χ1v) is 8.62. The largest absolute Gasteiger partial charge is 0.416 e. The molecule has 1 nitrogen and oxygen atoms in total. The molecule has 0 N–H and O–H groups in total. The van der Waals surface area contributed by atoms with Crippen LogP contribution in [-0.4, -0.2) is 5.71 Å². The standard InChI is InChI=1S/C21H24F3N/c1-4-5-11-20(25-16(3)17-9-7-6-8-10-17)18-12-15(2)13-19(14-18)21(22,23)24/h6-10,12-14,16H,4-5,11H2,1-3H3. The fourth-order valence-electron chi connectivity index (χ4n) is 2.78. The Morgan fingerprint density at radius 3 is 2.36 bits per heavy atom. The van der Waals surface area contributed by atoms with Crippen LogP contribution in [0.1, 0.15) is 61.4 Å². The summed E-state index contributed by atoms with van der Waals surface area (Å²) in [4.78, 5) is 4.77. The van der Waals surface area contributed by atoms with E-state index in [2.05, 4.69) is 6.92 Å². The van der Waals surface area contributed by atoms with Crippen LogP contribution in [0.3, 0.4) is 0 Å². The van der Waals surface area contributed by atoms with Crippen LogP contribution in [0.5, 0.6) is 0 Å². The minimum atomic E-state index is -4.35. The van der Waals surface area contributed by atoms with Crippen LogP contribution in [0.2, 0.25) is 0 Å². The Morgan fingerprint density at radius 1 is 1.08 bits per heavy atom. The Labute approximate surface area is 147 Å². The van der Waals surface area contributed by atoms with Crippen LogP contribution in [0, 0.1) is 6.92 Å². The summed E-state index contributed by atoms with van der Waals surface area (Å²) in [5.74, 6) is 0. The molecule has 0 aliphatic rings. The number of unbranched alkanes of at least 4 members (excludes halogenated alkanes) is 1. The zero-order valence-corrected chi connectivity index (χ0v) is 14.9. The molecule has 0 heterocycles. The molecule has 2 rings (SSSR count). The van der Waals surface area contributed by atoms with Crippen LogP contribution in [0.15, 0.2) is 53.5 Å². The highest BCUT2D eigenvalue weighted by molar-refractivity contribution is 6.01. The lowest BCUT2D eigenvalue weighted by molar-refractivity contribution is -0.137. The van der Waals surface area contributed by atoms with Gasteiger partial charge in [-0.05, 0) is 55.5 Å². The van der Waals surface area contributed by atoms with Crippen molar-refractivity contribution >= 4 is 5.71 Å². The van der Waals surface area contributed by atoms with E-state index in [1.807, 2.05) is 37.3 Å². The molecule has 1 unspecified atom stereocenters. The third-order valence-corrected chi connectivity index (χ3v) is 4.14. The number of aryl methyl sites for hydroxylation is 1. The molecule has 0 fully saturated rings. The van der Waals surface area contributed by atoms with Gasteiger partial charge in [0.25, 0.3) is 0 Å². The smallest absolute Gasteiger partial charge is 0.281 e. The van der Waals surface area contributed by atoms with Gasteiger partial charge in [0.1, 0.15) is 0 Å². The molecule has 0 amide bonds. The number of alkyl halides is 3. The first-order valence-electron chi connectivity index (χ1n) is 8.62. The topological polar surface area (TPSA) is 12.4 Å². The fourth-order valence-corrected chi connectivity index (χ4v) is 2.78. The molecule has 1 atom stereocenters. The van der Waals surface area contributed by atoms with E-state index < -0.39 is 11.7 Å². The van der Waals surface area contributed by atoms with Crippen molar-refractivity contribution in [1.29, 1.82) is 0 Å². The second-order valence-corrected chi connectivity index (χ2v) is 6.35. The molecular weight excluding hydrogens is 323 g/mol. The summed E-state index contributed by atoms with van der Waals surface area (Å²) in [5.41, 5.74) is 2.36. The molecule has 134 valence electrons.